The third kappa shape index (κ3) is 4.60. The first-order chi connectivity index (χ1) is 12.9. The lowest BCUT2D eigenvalue weighted by Gasteiger charge is -2.12. The van der Waals surface area contributed by atoms with Crippen molar-refractivity contribution in [3.8, 4) is 11.5 Å². The van der Waals surface area contributed by atoms with Crippen LogP contribution in [0.1, 0.15) is 11.3 Å². The first-order valence-corrected chi connectivity index (χ1v) is 7.43. The number of nitrogens with zero attached hydrogens (tertiary/aromatic N) is 1. The Morgan fingerprint density at radius 1 is 1.22 bits per heavy atom. The molecule has 27 heavy (non-hydrogen) atoms. The number of nitro groups is 1. The van der Waals surface area contributed by atoms with Crippen LogP contribution in [-0.2, 0) is 9.53 Å². The van der Waals surface area contributed by atoms with Crippen LogP contribution in [0.25, 0.3) is 12.2 Å². The molecule has 142 valence electrons. The van der Waals surface area contributed by atoms with Crippen LogP contribution in [0, 0.1) is 10.1 Å². The summed E-state index contributed by atoms with van der Waals surface area (Å²) in [6.07, 6.45) is 2.54. The van der Waals surface area contributed by atoms with Gasteiger partial charge in [0.1, 0.15) is 5.69 Å². The van der Waals surface area contributed by atoms with E-state index in [1.165, 1.54) is 26.4 Å². The van der Waals surface area contributed by atoms with Crippen LogP contribution in [0.5, 0.6) is 11.5 Å². The van der Waals surface area contributed by atoms with E-state index >= 15 is 0 Å². The number of esters is 1. The number of aromatic nitrogens is 2. The number of benzene rings is 1. The lowest BCUT2D eigenvalue weighted by molar-refractivity contribution is -0.386. The second-order valence-electron chi connectivity index (χ2n) is 5.00. The molecule has 0 aliphatic heterocycles. The van der Waals surface area contributed by atoms with Crippen molar-refractivity contribution in [2.75, 3.05) is 20.8 Å². The first-order valence-electron chi connectivity index (χ1n) is 7.43. The fourth-order valence-corrected chi connectivity index (χ4v) is 2.14. The van der Waals surface area contributed by atoms with Crippen LogP contribution in [-0.4, -0.2) is 41.7 Å². The number of aromatic amines is 2. The van der Waals surface area contributed by atoms with Gasteiger partial charge in [-0.1, -0.05) is 12.1 Å². The Hall–Kier alpha value is -3.89. The number of para-hydroxylation sites is 1. The first kappa shape index (κ1) is 19.4. The second-order valence-corrected chi connectivity index (χ2v) is 5.00. The Morgan fingerprint density at radius 3 is 2.59 bits per heavy atom. The molecule has 0 atom stereocenters. The SMILES string of the molecule is COC(=O)COc1c(/C=C\c2[nH]c(=O)[nH]c(=O)c2[N+](=O)[O-])cccc1OC. The molecule has 2 N–H and O–H groups in total. The number of nitrogens with one attached hydrogen (secondary N) is 2. The van der Waals surface area contributed by atoms with E-state index < -0.39 is 27.8 Å². The smallest absolute Gasteiger partial charge is 0.357 e. The number of rotatable bonds is 7. The highest BCUT2D eigenvalue weighted by molar-refractivity contribution is 5.76. The number of carbonyl (C=O) groups is 1. The Kier molecular flexibility index (Phi) is 6.10. The molecule has 1 aromatic heterocycles. The van der Waals surface area contributed by atoms with Crippen LogP contribution in [0.15, 0.2) is 27.8 Å². The standard InChI is InChI=1S/C16H15N3O8/c1-25-11-5-3-4-9(14(11)27-8-12(20)26-2)6-7-10-13(19(23)24)15(21)18-16(22)17-10/h3-7H,8H2,1-2H3,(H2,17,18,21,22)/b7-6-. The summed E-state index contributed by atoms with van der Waals surface area (Å²) < 4.78 is 15.1. The molecule has 0 amide bonds. The van der Waals surface area contributed by atoms with Gasteiger partial charge in [-0.2, -0.15) is 0 Å². The number of ether oxygens (including phenoxy) is 3. The van der Waals surface area contributed by atoms with Crippen LogP contribution in [0.2, 0.25) is 0 Å². The van der Waals surface area contributed by atoms with Crippen molar-refractivity contribution in [3.63, 3.8) is 0 Å². The Labute approximate surface area is 151 Å². The molecule has 0 unspecified atom stereocenters. The van der Waals surface area contributed by atoms with Gasteiger partial charge in [-0.15, -0.1) is 0 Å². The van der Waals surface area contributed by atoms with Gasteiger partial charge >= 0.3 is 22.9 Å². The minimum absolute atomic E-state index is 0.177. The average Bonchev–Trinajstić information content (AvgIpc) is 2.63. The summed E-state index contributed by atoms with van der Waals surface area (Å²) in [5, 5.41) is 11.1. The predicted octanol–water partition coefficient (Wildman–Crippen LogP) is 0.702. The molecule has 0 radical (unpaired) electrons. The molecule has 0 spiro atoms. The molecule has 0 aliphatic rings. The summed E-state index contributed by atoms with van der Waals surface area (Å²) in [6, 6.07) is 4.79. The predicted molar refractivity (Wildman–Crippen MR) is 93.8 cm³/mol. The molecule has 2 aromatic rings. The number of hydrogen-bond donors (Lipinski definition) is 2. The van der Waals surface area contributed by atoms with E-state index in [-0.39, 0.29) is 18.1 Å². The third-order valence-electron chi connectivity index (χ3n) is 3.35. The number of carbonyl (C=O) groups excluding carboxylic acids is 1. The summed E-state index contributed by atoms with van der Waals surface area (Å²) in [5.41, 5.74) is -2.75. The average molecular weight is 377 g/mol. The Balaban J connectivity index is 2.49. The second kappa shape index (κ2) is 8.47. The van der Waals surface area contributed by atoms with Crippen molar-refractivity contribution in [1.82, 2.24) is 9.97 Å². The fraction of sp³-hybridized carbons (Fsp3) is 0.188. The molecule has 1 aromatic carbocycles. The molecule has 0 bridgehead atoms. The lowest BCUT2D eigenvalue weighted by Crippen LogP contribution is -2.25. The summed E-state index contributed by atoms with van der Waals surface area (Å²) >= 11 is 0. The fourth-order valence-electron chi connectivity index (χ4n) is 2.14. The minimum Gasteiger partial charge on any atom is -0.493 e. The highest BCUT2D eigenvalue weighted by atomic mass is 16.6. The monoisotopic (exact) mass is 377 g/mol. The van der Waals surface area contributed by atoms with Gasteiger partial charge in [-0.05, 0) is 18.2 Å². The molecule has 0 aliphatic carbocycles. The zero-order valence-corrected chi connectivity index (χ0v) is 14.3. The van der Waals surface area contributed by atoms with Crippen molar-refractivity contribution >= 4 is 23.8 Å². The van der Waals surface area contributed by atoms with Crippen LogP contribution in [0.3, 0.4) is 0 Å². The number of H-pyrrole nitrogens is 2. The topological polar surface area (TPSA) is 154 Å². The van der Waals surface area contributed by atoms with Gasteiger partial charge in [-0.25, -0.2) is 9.59 Å². The van der Waals surface area contributed by atoms with Gasteiger partial charge in [0.15, 0.2) is 18.1 Å². The zero-order valence-electron chi connectivity index (χ0n) is 14.3. The van der Waals surface area contributed by atoms with Gasteiger partial charge in [0.25, 0.3) is 0 Å². The van der Waals surface area contributed by atoms with Crippen LogP contribution < -0.4 is 20.7 Å². The number of methoxy groups -OCH3 is 2. The lowest BCUT2D eigenvalue weighted by atomic mass is 10.1. The van der Waals surface area contributed by atoms with Crippen molar-refractivity contribution in [2.24, 2.45) is 0 Å². The molecule has 0 fully saturated rings. The molecular formula is C16H15N3O8. The van der Waals surface area contributed by atoms with Crippen molar-refractivity contribution in [3.05, 3.63) is 60.4 Å². The molecule has 11 nitrogen and oxygen atoms in total. The van der Waals surface area contributed by atoms with Gasteiger partial charge in [0, 0.05) is 5.56 Å². The van der Waals surface area contributed by atoms with Crippen LogP contribution >= 0.6 is 0 Å². The van der Waals surface area contributed by atoms with Gasteiger partial charge in [0.2, 0.25) is 0 Å². The maximum Gasteiger partial charge on any atom is 0.357 e. The molecule has 11 heteroatoms. The van der Waals surface area contributed by atoms with Crippen molar-refractivity contribution in [1.29, 1.82) is 0 Å². The summed E-state index contributed by atoms with van der Waals surface area (Å²) in [4.78, 5) is 48.5. The van der Waals surface area contributed by atoms with E-state index in [1.807, 2.05) is 0 Å². The van der Waals surface area contributed by atoms with E-state index in [1.54, 1.807) is 23.2 Å². The van der Waals surface area contributed by atoms with E-state index in [0.717, 1.165) is 0 Å². The molecule has 0 saturated carbocycles. The largest absolute Gasteiger partial charge is 0.493 e. The van der Waals surface area contributed by atoms with E-state index in [2.05, 4.69) is 9.72 Å². The summed E-state index contributed by atoms with van der Waals surface area (Å²) in [7, 11) is 2.60. The van der Waals surface area contributed by atoms with Crippen molar-refractivity contribution in [2.45, 2.75) is 0 Å². The Morgan fingerprint density at radius 2 is 1.96 bits per heavy atom. The van der Waals surface area contributed by atoms with E-state index in [9.17, 15) is 24.5 Å². The molecular weight excluding hydrogens is 362 g/mol. The van der Waals surface area contributed by atoms with Crippen LogP contribution in [0.4, 0.5) is 5.69 Å². The highest BCUT2D eigenvalue weighted by Gasteiger charge is 2.19. The summed E-state index contributed by atoms with van der Waals surface area (Å²) in [5.74, 6) is -0.142. The normalized spacial score (nSPS) is 10.6. The highest BCUT2D eigenvalue weighted by Crippen LogP contribution is 2.32. The van der Waals surface area contributed by atoms with E-state index in [0.29, 0.717) is 11.3 Å². The third-order valence-corrected chi connectivity index (χ3v) is 3.35. The Bertz CT molecular complexity index is 1010. The zero-order chi connectivity index (χ0) is 20.0. The van der Waals surface area contributed by atoms with Gasteiger partial charge in [0.05, 0.1) is 19.1 Å². The molecule has 2 rings (SSSR count). The molecule has 0 saturated heterocycles. The van der Waals surface area contributed by atoms with Gasteiger partial charge < -0.3 is 19.2 Å². The van der Waals surface area contributed by atoms with E-state index in [4.69, 9.17) is 9.47 Å². The quantitative estimate of drug-likeness (QED) is 0.406. The molecule has 1 heterocycles. The maximum atomic E-state index is 11.6. The number of hydrogen-bond acceptors (Lipinski definition) is 8. The van der Waals surface area contributed by atoms with Crippen molar-refractivity contribution < 1.29 is 23.9 Å². The maximum absolute atomic E-state index is 11.6. The summed E-state index contributed by atoms with van der Waals surface area (Å²) in [6.45, 7) is -0.389. The minimum atomic E-state index is -1.13. The van der Waals surface area contributed by atoms with Gasteiger partial charge in [-0.3, -0.25) is 19.9 Å².